The summed E-state index contributed by atoms with van der Waals surface area (Å²) < 4.78 is 40.4. The molecule has 0 aliphatic heterocycles. The predicted octanol–water partition coefficient (Wildman–Crippen LogP) is 6.10. The molecule has 7 unspecified atom stereocenters. The number of hydrogen-bond acceptors (Lipinski definition) is 2. The smallest absolute Gasteiger partial charge is 0.396 e. The molecular weight excluding hydrogens is 377 g/mol. The summed E-state index contributed by atoms with van der Waals surface area (Å²) in [6, 6.07) is 0. The zero-order valence-electron chi connectivity index (χ0n) is 18.1. The highest BCUT2D eigenvalue weighted by molar-refractivity contribution is 5.11. The van der Waals surface area contributed by atoms with Crippen molar-refractivity contribution in [2.45, 2.75) is 103 Å². The van der Waals surface area contributed by atoms with Gasteiger partial charge < -0.3 is 10.2 Å². The number of fused-ring (bicyclic) bond motifs is 5. The van der Waals surface area contributed by atoms with E-state index in [1.54, 1.807) is 0 Å². The molecular formula is C24H39F3O2. The van der Waals surface area contributed by atoms with Gasteiger partial charge in [0.05, 0.1) is 0 Å². The minimum atomic E-state index is -4.51. The fourth-order valence-corrected chi connectivity index (χ4v) is 8.59. The average molecular weight is 417 g/mol. The Balaban J connectivity index is 1.50. The summed E-state index contributed by atoms with van der Waals surface area (Å²) in [6.07, 6.45) is 5.78. The molecule has 0 aromatic rings. The molecule has 4 rings (SSSR count). The number of alkyl halides is 3. The van der Waals surface area contributed by atoms with E-state index in [4.69, 9.17) is 5.11 Å². The number of aliphatic hydroxyl groups excluding tert-OH is 1. The van der Waals surface area contributed by atoms with Crippen LogP contribution >= 0.6 is 0 Å². The first kappa shape index (κ1) is 21.9. The lowest BCUT2D eigenvalue weighted by molar-refractivity contribution is -0.290. The molecule has 2 nitrogen and oxygen atoms in total. The van der Waals surface area contributed by atoms with Crippen LogP contribution in [0.1, 0.15) is 90.9 Å². The zero-order chi connectivity index (χ0) is 21.1. The second kappa shape index (κ2) is 7.39. The Kier molecular flexibility index (Phi) is 5.59. The normalized spacial score (nSPS) is 50.0. The van der Waals surface area contributed by atoms with Crippen LogP contribution in [0.5, 0.6) is 0 Å². The molecule has 0 heterocycles. The fourth-order valence-electron chi connectivity index (χ4n) is 8.59. The molecule has 8 atom stereocenters. The van der Waals surface area contributed by atoms with Gasteiger partial charge in [-0.3, -0.25) is 0 Å². The van der Waals surface area contributed by atoms with Crippen molar-refractivity contribution in [3.63, 3.8) is 0 Å². The van der Waals surface area contributed by atoms with Gasteiger partial charge in [-0.2, -0.15) is 13.2 Å². The van der Waals surface area contributed by atoms with Crippen LogP contribution in [0.25, 0.3) is 0 Å². The minimum Gasteiger partial charge on any atom is -0.396 e. The van der Waals surface area contributed by atoms with Crippen LogP contribution in [-0.2, 0) is 0 Å². The summed E-state index contributed by atoms with van der Waals surface area (Å²) >= 11 is 0. The Morgan fingerprint density at radius 1 is 0.862 bits per heavy atom. The lowest BCUT2D eigenvalue weighted by Gasteiger charge is -2.62. The van der Waals surface area contributed by atoms with Gasteiger partial charge in [0.1, 0.15) is 0 Å². The highest BCUT2D eigenvalue weighted by Gasteiger charge is 2.64. The zero-order valence-corrected chi connectivity index (χ0v) is 18.1. The molecule has 4 fully saturated rings. The van der Waals surface area contributed by atoms with Crippen molar-refractivity contribution in [2.24, 2.45) is 40.4 Å². The molecule has 5 heteroatoms. The van der Waals surface area contributed by atoms with Gasteiger partial charge in [-0.05, 0) is 111 Å². The van der Waals surface area contributed by atoms with Crippen molar-refractivity contribution >= 4 is 0 Å². The molecule has 0 aromatic carbocycles. The average Bonchev–Trinajstić information content (AvgIpc) is 2.98. The molecule has 168 valence electrons. The lowest BCUT2D eigenvalue weighted by atomic mass is 9.43. The van der Waals surface area contributed by atoms with E-state index in [0.29, 0.717) is 29.6 Å². The third kappa shape index (κ3) is 3.37. The van der Waals surface area contributed by atoms with E-state index in [2.05, 4.69) is 13.8 Å². The van der Waals surface area contributed by atoms with Gasteiger partial charge in [-0.15, -0.1) is 0 Å². The molecule has 0 bridgehead atoms. The first-order chi connectivity index (χ1) is 13.6. The summed E-state index contributed by atoms with van der Waals surface area (Å²) in [5.41, 5.74) is -2.14. The maximum Gasteiger partial charge on any atom is 0.417 e. The van der Waals surface area contributed by atoms with Crippen molar-refractivity contribution in [3.05, 3.63) is 0 Å². The number of aliphatic hydroxyl groups is 2. The molecule has 4 aliphatic rings. The van der Waals surface area contributed by atoms with Gasteiger partial charge in [0.2, 0.25) is 0 Å². The standard InChI is InChI=1S/C24H39F3O2/c1-21-11-10-20-18(19(21)9-7-16(21)5-3-4-14-28)8-6-17-15-23(29,24(25,26)27)13-12-22(17,20)2/h16-20,28-29H,3-15H2,1-2H3/t16?,17?,18?,19?,20?,21?,22?,23-/m0/s1. The van der Waals surface area contributed by atoms with Crippen LogP contribution in [0.4, 0.5) is 13.2 Å². The molecule has 2 N–H and O–H groups in total. The monoisotopic (exact) mass is 416 g/mol. The van der Waals surface area contributed by atoms with Gasteiger partial charge in [-0.1, -0.05) is 20.3 Å². The summed E-state index contributed by atoms with van der Waals surface area (Å²) in [4.78, 5) is 0. The van der Waals surface area contributed by atoms with E-state index in [0.717, 1.165) is 38.0 Å². The Bertz CT molecular complexity index is 607. The van der Waals surface area contributed by atoms with Crippen LogP contribution in [0.2, 0.25) is 0 Å². The van der Waals surface area contributed by atoms with Crippen molar-refractivity contribution in [1.82, 2.24) is 0 Å². The van der Waals surface area contributed by atoms with E-state index < -0.39 is 11.8 Å². The minimum absolute atomic E-state index is 0.00441. The number of unbranched alkanes of at least 4 members (excludes halogenated alkanes) is 1. The molecule has 0 amide bonds. The first-order valence-corrected chi connectivity index (χ1v) is 12.0. The van der Waals surface area contributed by atoms with Crippen LogP contribution < -0.4 is 0 Å². The SMILES string of the molecule is CC12CCC3C(CCC4C[C@](O)(C(F)(F)F)CCC43C)C1CCC2CCCCO. The Morgan fingerprint density at radius 2 is 1.59 bits per heavy atom. The van der Waals surface area contributed by atoms with E-state index in [1.165, 1.54) is 25.7 Å². The summed E-state index contributed by atoms with van der Waals surface area (Å²) in [5.74, 6) is 2.62. The fraction of sp³-hybridized carbons (Fsp3) is 1.00. The van der Waals surface area contributed by atoms with Crippen molar-refractivity contribution in [2.75, 3.05) is 6.61 Å². The lowest BCUT2D eigenvalue weighted by Crippen LogP contribution is -2.59. The summed E-state index contributed by atoms with van der Waals surface area (Å²) in [5, 5.41) is 19.5. The molecule has 0 spiro atoms. The van der Waals surface area contributed by atoms with Gasteiger partial charge >= 0.3 is 6.18 Å². The molecule has 0 aromatic heterocycles. The van der Waals surface area contributed by atoms with Crippen molar-refractivity contribution in [1.29, 1.82) is 0 Å². The maximum absolute atomic E-state index is 13.5. The maximum atomic E-state index is 13.5. The topological polar surface area (TPSA) is 40.5 Å². The summed E-state index contributed by atoms with van der Waals surface area (Å²) in [7, 11) is 0. The Morgan fingerprint density at radius 3 is 2.28 bits per heavy atom. The van der Waals surface area contributed by atoms with Gasteiger partial charge in [-0.25, -0.2) is 0 Å². The molecule has 4 saturated carbocycles. The number of rotatable bonds is 4. The van der Waals surface area contributed by atoms with Crippen LogP contribution in [-0.4, -0.2) is 28.6 Å². The predicted molar refractivity (Wildman–Crippen MR) is 107 cm³/mol. The van der Waals surface area contributed by atoms with Crippen LogP contribution in [0.3, 0.4) is 0 Å². The highest BCUT2D eigenvalue weighted by Crippen LogP contribution is 2.69. The number of hydrogen-bond donors (Lipinski definition) is 2. The van der Waals surface area contributed by atoms with Crippen molar-refractivity contribution in [3.8, 4) is 0 Å². The molecule has 4 aliphatic carbocycles. The van der Waals surface area contributed by atoms with Crippen LogP contribution in [0, 0.1) is 40.4 Å². The second-order valence-corrected chi connectivity index (χ2v) is 11.4. The van der Waals surface area contributed by atoms with E-state index in [1.807, 2.05) is 0 Å². The highest BCUT2D eigenvalue weighted by atomic mass is 19.4. The molecule has 29 heavy (non-hydrogen) atoms. The van der Waals surface area contributed by atoms with Crippen molar-refractivity contribution < 1.29 is 23.4 Å². The Labute approximate surface area is 173 Å². The molecule has 0 radical (unpaired) electrons. The third-order valence-electron chi connectivity index (χ3n) is 10.4. The summed E-state index contributed by atoms with van der Waals surface area (Å²) in [6.45, 7) is 5.02. The quantitative estimate of drug-likeness (QED) is 0.544. The third-order valence-corrected chi connectivity index (χ3v) is 10.4. The molecule has 0 saturated heterocycles. The van der Waals surface area contributed by atoms with E-state index >= 15 is 0 Å². The van der Waals surface area contributed by atoms with Gasteiger partial charge in [0.15, 0.2) is 5.60 Å². The van der Waals surface area contributed by atoms with E-state index in [9.17, 15) is 18.3 Å². The second-order valence-electron chi connectivity index (χ2n) is 11.4. The van der Waals surface area contributed by atoms with Crippen LogP contribution in [0.15, 0.2) is 0 Å². The number of halogens is 3. The largest absolute Gasteiger partial charge is 0.417 e. The van der Waals surface area contributed by atoms with Gasteiger partial charge in [0, 0.05) is 6.61 Å². The van der Waals surface area contributed by atoms with E-state index in [-0.39, 0.29) is 30.8 Å². The Hall–Kier alpha value is -0.290. The van der Waals surface area contributed by atoms with Gasteiger partial charge in [0.25, 0.3) is 0 Å². The first-order valence-electron chi connectivity index (χ1n) is 12.0.